The molecule has 0 amide bonds. The monoisotopic (exact) mass is 310 g/mol. The molecule has 5 heteroatoms. The second-order valence-electron chi connectivity index (χ2n) is 6.02. The van der Waals surface area contributed by atoms with E-state index in [1.807, 2.05) is 26.1 Å². The highest BCUT2D eigenvalue weighted by Crippen LogP contribution is 2.33. The third kappa shape index (κ3) is 4.53. The first-order valence-corrected chi connectivity index (χ1v) is 9.24. The number of nitrogens with one attached hydrogen (secondary N) is 2. The fourth-order valence-corrected chi connectivity index (χ4v) is 4.05. The van der Waals surface area contributed by atoms with E-state index < -0.39 is 10.0 Å². The van der Waals surface area contributed by atoms with E-state index in [4.69, 9.17) is 0 Å². The molecular formula is C16H26N2O2S. The zero-order valence-corrected chi connectivity index (χ0v) is 13.9. The highest BCUT2D eigenvalue weighted by atomic mass is 32.2. The van der Waals surface area contributed by atoms with Gasteiger partial charge in [-0.1, -0.05) is 31.9 Å². The summed E-state index contributed by atoms with van der Waals surface area (Å²) in [5, 5.41) is 3.21. The van der Waals surface area contributed by atoms with Crippen LogP contribution in [0.2, 0.25) is 0 Å². The van der Waals surface area contributed by atoms with Gasteiger partial charge in [-0.3, -0.25) is 0 Å². The first kappa shape index (κ1) is 16.5. The topological polar surface area (TPSA) is 58.2 Å². The lowest BCUT2D eigenvalue weighted by Crippen LogP contribution is -2.33. The van der Waals surface area contributed by atoms with Crippen LogP contribution in [-0.4, -0.2) is 21.5 Å². The molecule has 21 heavy (non-hydrogen) atoms. The number of hydrogen-bond donors (Lipinski definition) is 2. The van der Waals surface area contributed by atoms with E-state index in [2.05, 4.69) is 17.0 Å². The van der Waals surface area contributed by atoms with Crippen LogP contribution in [0.25, 0.3) is 0 Å². The number of benzene rings is 1. The second-order valence-corrected chi connectivity index (χ2v) is 7.74. The summed E-state index contributed by atoms with van der Waals surface area (Å²) in [4.78, 5) is 0.358. The van der Waals surface area contributed by atoms with Crippen molar-refractivity contribution in [2.75, 3.05) is 7.05 Å². The Kier molecular flexibility index (Phi) is 5.41. The Labute approximate surface area is 128 Å². The first-order chi connectivity index (χ1) is 9.96. The van der Waals surface area contributed by atoms with Gasteiger partial charge in [0, 0.05) is 12.1 Å². The molecule has 2 atom stereocenters. The Hall–Kier alpha value is -0.910. The van der Waals surface area contributed by atoms with Gasteiger partial charge in [0.05, 0.1) is 4.90 Å². The molecule has 0 aliphatic heterocycles. The van der Waals surface area contributed by atoms with Crippen LogP contribution >= 0.6 is 0 Å². The van der Waals surface area contributed by atoms with E-state index in [1.54, 1.807) is 12.1 Å². The van der Waals surface area contributed by atoms with Crippen molar-refractivity contribution in [3.8, 4) is 0 Å². The van der Waals surface area contributed by atoms with Crippen LogP contribution < -0.4 is 10.0 Å². The highest BCUT2D eigenvalue weighted by Gasteiger charge is 2.26. The van der Waals surface area contributed by atoms with Crippen LogP contribution in [-0.2, 0) is 10.0 Å². The van der Waals surface area contributed by atoms with Crippen molar-refractivity contribution in [1.82, 2.24) is 10.0 Å². The minimum Gasteiger partial charge on any atom is -0.313 e. The Bertz CT molecular complexity index is 563. The van der Waals surface area contributed by atoms with Crippen molar-refractivity contribution in [1.29, 1.82) is 0 Å². The van der Waals surface area contributed by atoms with Gasteiger partial charge in [-0.2, -0.15) is 0 Å². The second kappa shape index (κ2) is 6.90. The zero-order valence-electron chi connectivity index (χ0n) is 13.1. The molecule has 0 spiro atoms. The Morgan fingerprint density at radius 3 is 2.62 bits per heavy atom. The molecule has 0 aromatic heterocycles. The van der Waals surface area contributed by atoms with Crippen molar-refractivity contribution in [2.45, 2.75) is 56.5 Å². The molecule has 1 aliphatic rings. The van der Waals surface area contributed by atoms with E-state index in [-0.39, 0.29) is 12.1 Å². The third-order valence-corrected chi connectivity index (χ3v) is 5.65. The predicted molar refractivity (Wildman–Crippen MR) is 85.7 cm³/mol. The lowest BCUT2D eigenvalue weighted by Gasteiger charge is -2.17. The molecule has 1 aliphatic carbocycles. The average Bonchev–Trinajstić information content (AvgIpc) is 3.23. The number of hydrogen-bond acceptors (Lipinski definition) is 3. The largest absolute Gasteiger partial charge is 0.313 e. The van der Waals surface area contributed by atoms with Crippen LogP contribution in [0.5, 0.6) is 0 Å². The van der Waals surface area contributed by atoms with Gasteiger partial charge in [0.1, 0.15) is 0 Å². The molecule has 2 rings (SSSR count). The third-order valence-electron chi connectivity index (χ3n) is 4.07. The first-order valence-electron chi connectivity index (χ1n) is 7.75. The van der Waals surface area contributed by atoms with Gasteiger partial charge in [0.15, 0.2) is 0 Å². The Morgan fingerprint density at radius 1 is 1.33 bits per heavy atom. The fraction of sp³-hybridized carbons (Fsp3) is 0.625. The van der Waals surface area contributed by atoms with Crippen LogP contribution in [0.1, 0.15) is 51.1 Å². The van der Waals surface area contributed by atoms with Crippen molar-refractivity contribution < 1.29 is 8.42 Å². The van der Waals surface area contributed by atoms with Gasteiger partial charge in [0.2, 0.25) is 10.0 Å². The van der Waals surface area contributed by atoms with Gasteiger partial charge in [-0.25, -0.2) is 13.1 Å². The normalized spacial score (nSPS) is 18.4. The van der Waals surface area contributed by atoms with Gasteiger partial charge in [-0.05, 0) is 50.4 Å². The molecule has 1 saturated carbocycles. The zero-order chi connectivity index (χ0) is 15.5. The Balaban J connectivity index is 2.13. The predicted octanol–water partition coefficient (Wildman–Crippen LogP) is 2.82. The van der Waals surface area contributed by atoms with Gasteiger partial charge >= 0.3 is 0 Å². The number of rotatable bonds is 8. The van der Waals surface area contributed by atoms with Crippen molar-refractivity contribution in [2.24, 2.45) is 5.92 Å². The molecular weight excluding hydrogens is 284 g/mol. The van der Waals surface area contributed by atoms with Crippen molar-refractivity contribution >= 4 is 10.0 Å². The molecule has 2 unspecified atom stereocenters. The lowest BCUT2D eigenvalue weighted by atomic mass is 10.1. The van der Waals surface area contributed by atoms with E-state index in [0.29, 0.717) is 10.8 Å². The summed E-state index contributed by atoms with van der Waals surface area (Å²) in [7, 11) is -1.53. The minimum atomic E-state index is -3.43. The SMILES string of the molecule is CCC(NC)c1cccc(S(=O)(=O)NC(C)CC2CC2)c1. The van der Waals surface area contributed by atoms with Crippen molar-refractivity contribution in [3.05, 3.63) is 29.8 Å². The maximum atomic E-state index is 12.5. The Morgan fingerprint density at radius 2 is 2.05 bits per heavy atom. The van der Waals surface area contributed by atoms with Crippen LogP contribution in [0, 0.1) is 5.92 Å². The van der Waals surface area contributed by atoms with E-state index in [9.17, 15) is 8.42 Å². The molecule has 118 valence electrons. The highest BCUT2D eigenvalue weighted by molar-refractivity contribution is 7.89. The molecule has 0 saturated heterocycles. The molecule has 1 aromatic carbocycles. The average molecular weight is 310 g/mol. The van der Waals surface area contributed by atoms with Crippen molar-refractivity contribution in [3.63, 3.8) is 0 Å². The van der Waals surface area contributed by atoms with E-state index in [0.717, 1.165) is 18.4 Å². The molecule has 1 aromatic rings. The maximum Gasteiger partial charge on any atom is 0.240 e. The summed E-state index contributed by atoms with van der Waals surface area (Å²) in [5.74, 6) is 0.711. The standard InChI is InChI=1S/C16H26N2O2S/c1-4-16(17-3)14-6-5-7-15(11-14)21(19,20)18-12(2)10-13-8-9-13/h5-7,11-13,16-18H,4,8-10H2,1-3H3. The van der Waals surface area contributed by atoms with Gasteiger partial charge in [0.25, 0.3) is 0 Å². The molecule has 0 radical (unpaired) electrons. The van der Waals surface area contributed by atoms with E-state index >= 15 is 0 Å². The quantitative estimate of drug-likeness (QED) is 0.776. The lowest BCUT2D eigenvalue weighted by molar-refractivity contribution is 0.529. The van der Waals surface area contributed by atoms with Crippen LogP contribution in [0.15, 0.2) is 29.2 Å². The summed E-state index contributed by atoms with van der Waals surface area (Å²) < 4.78 is 27.7. The summed E-state index contributed by atoms with van der Waals surface area (Å²) in [6.07, 6.45) is 4.34. The fourth-order valence-electron chi connectivity index (χ4n) is 2.74. The number of sulfonamides is 1. The molecule has 0 bridgehead atoms. The maximum absolute atomic E-state index is 12.5. The van der Waals surface area contributed by atoms with Gasteiger partial charge < -0.3 is 5.32 Å². The van der Waals surface area contributed by atoms with Gasteiger partial charge in [-0.15, -0.1) is 0 Å². The molecule has 1 fully saturated rings. The molecule has 2 N–H and O–H groups in total. The van der Waals surface area contributed by atoms with E-state index in [1.165, 1.54) is 12.8 Å². The summed E-state index contributed by atoms with van der Waals surface area (Å²) >= 11 is 0. The molecule has 0 heterocycles. The minimum absolute atomic E-state index is 0.00238. The smallest absolute Gasteiger partial charge is 0.240 e. The summed E-state index contributed by atoms with van der Waals surface area (Å²) in [5.41, 5.74) is 1.01. The van der Waals surface area contributed by atoms with Crippen LogP contribution in [0.4, 0.5) is 0 Å². The summed E-state index contributed by atoms with van der Waals surface area (Å²) in [6, 6.07) is 7.41. The summed E-state index contributed by atoms with van der Waals surface area (Å²) in [6.45, 7) is 4.03. The molecule has 4 nitrogen and oxygen atoms in total. The van der Waals surface area contributed by atoms with Crippen LogP contribution in [0.3, 0.4) is 0 Å².